The first-order valence-corrected chi connectivity index (χ1v) is 11.4. The average molecular weight is 454 g/mol. The van der Waals surface area contributed by atoms with Crippen LogP contribution in [0, 0.1) is 17.8 Å². The summed E-state index contributed by atoms with van der Waals surface area (Å²) in [6, 6.07) is 3.51. The number of aromatic nitrogens is 1. The maximum absolute atomic E-state index is 12.8. The maximum Gasteiger partial charge on any atom is 0.270 e. The molecule has 0 radical (unpaired) electrons. The van der Waals surface area contributed by atoms with Crippen LogP contribution in [0.1, 0.15) is 37.2 Å². The monoisotopic (exact) mass is 453 g/mol. The van der Waals surface area contributed by atoms with Crippen molar-refractivity contribution in [2.24, 2.45) is 17.8 Å². The number of hydrogen-bond donors (Lipinski definition) is 2. The van der Waals surface area contributed by atoms with Gasteiger partial charge in [-0.1, -0.05) is 6.92 Å². The molecule has 2 fully saturated rings. The van der Waals surface area contributed by atoms with Crippen molar-refractivity contribution in [2.45, 2.75) is 38.8 Å². The Hall–Kier alpha value is -1.97. The van der Waals surface area contributed by atoms with Gasteiger partial charge in [0.2, 0.25) is 5.88 Å². The lowest BCUT2D eigenvalue weighted by Crippen LogP contribution is -2.52. The van der Waals surface area contributed by atoms with Gasteiger partial charge >= 0.3 is 0 Å². The molecular formula is C23H36FN3O5. The topological polar surface area (TPSA) is 93.2 Å². The van der Waals surface area contributed by atoms with E-state index in [2.05, 4.69) is 15.2 Å². The van der Waals surface area contributed by atoms with Crippen molar-refractivity contribution in [3.8, 4) is 5.88 Å². The molecule has 2 heterocycles. The number of nitrogens with zero attached hydrogens (tertiary/aromatic N) is 2. The van der Waals surface area contributed by atoms with Crippen LogP contribution in [-0.4, -0.2) is 81.4 Å². The van der Waals surface area contributed by atoms with Crippen molar-refractivity contribution < 1.29 is 28.5 Å². The van der Waals surface area contributed by atoms with Gasteiger partial charge in [0.05, 0.1) is 19.3 Å². The van der Waals surface area contributed by atoms with Gasteiger partial charge in [-0.3, -0.25) is 4.79 Å². The number of halogens is 1. The molecule has 0 spiro atoms. The first-order valence-electron chi connectivity index (χ1n) is 11.4. The van der Waals surface area contributed by atoms with Gasteiger partial charge in [-0.25, -0.2) is 9.37 Å². The summed E-state index contributed by atoms with van der Waals surface area (Å²) >= 11 is 0. The first-order chi connectivity index (χ1) is 15.4. The first kappa shape index (κ1) is 24.7. The standard InChI is InChI=1S/C23H36FN3O5/c1-15(13-31-7-6-24)8-16(2)25-22(29)20-4-5-21(27-10-19(11-27)30-3)23(26-20)32-14-18-9-17(18)12-28/h4-5,15-19,28H,6-14H2,1-3H3,(H,25,29)/t15?,16-,17+,18+/m0/s1. The number of carbonyl (C=O) groups excluding carboxylic acids is 1. The van der Waals surface area contributed by atoms with E-state index in [1.807, 2.05) is 19.9 Å². The van der Waals surface area contributed by atoms with Crippen LogP contribution in [0.25, 0.3) is 0 Å². The van der Waals surface area contributed by atoms with Crippen molar-refractivity contribution in [2.75, 3.05) is 58.2 Å². The van der Waals surface area contributed by atoms with Gasteiger partial charge in [0.1, 0.15) is 18.1 Å². The number of hydrogen-bond acceptors (Lipinski definition) is 7. The molecule has 1 aromatic heterocycles. The van der Waals surface area contributed by atoms with E-state index in [1.54, 1.807) is 13.2 Å². The number of anilines is 1. The zero-order chi connectivity index (χ0) is 23.1. The predicted molar refractivity (Wildman–Crippen MR) is 119 cm³/mol. The lowest BCUT2D eigenvalue weighted by Gasteiger charge is -2.40. The van der Waals surface area contributed by atoms with E-state index in [0.29, 0.717) is 36.6 Å². The molecule has 1 saturated carbocycles. The summed E-state index contributed by atoms with van der Waals surface area (Å²) in [4.78, 5) is 19.4. The lowest BCUT2D eigenvalue weighted by atomic mass is 10.0. The minimum absolute atomic E-state index is 0.0769. The molecule has 1 amide bonds. The van der Waals surface area contributed by atoms with Gasteiger partial charge in [-0.05, 0) is 49.7 Å². The van der Waals surface area contributed by atoms with Crippen LogP contribution in [0.2, 0.25) is 0 Å². The predicted octanol–water partition coefficient (Wildman–Crippen LogP) is 2.05. The zero-order valence-corrected chi connectivity index (χ0v) is 19.3. The smallest absolute Gasteiger partial charge is 0.270 e. The Morgan fingerprint density at radius 3 is 2.78 bits per heavy atom. The second kappa shape index (κ2) is 11.8. The largest absolute Gasteiger partial charge is 0.476 e. The maximum atomic E-state index is 12.8. The van der Waals surface area contributed by atoms with E-state index in [0.717, 1.165) is 31.6 Å². The van der Waals surface area contributed by atoms with Gasteiger partial charge in [0.25, 0.3) is 5.91 Å². The van der Waals surface area contributed by atoms with Crippen molar-refractivity contribution >= 4 is 11.6 Å². The van der Waals surface area contributed by atoms with Crippen LogP contribution in [0.4, 0.5) is 10.1 Å². The van der Waals surface area contributed by atoms with Crippen LogP contribution in [-0.2, 0) is 9.47 Å². The number of rotatable bonds is 14. The van der Waals surface area contributed by atoms with Crippen LogP contribution >= 0.6 is 0 Å². The summed E-state index contributed by atoms with van der Waals surface area (Å²) in [6.07, 6.45) is 1.85. The summed E-state index contributed by atoms with van der Waals surface area (Å²) in [7, 11) is 1.70. The van der Waals surface area contributed by atoms with E-state index in [9.17, 15) is 14.3 Å². The molecule has 1 saturated heterocycles. The van der Waals surface area contributed by atoms with E-state index < -0.39 is 6.67 Å². The molecule has 9 heteroatoms. The Labute approximate surface area is 189 Å². The molecule has 1 aliphatic heterocycles. The van der Waals surface area contributed by atoms with E-state index >= 15 is 0 Å². The molecule has 2 N–H and O–H groups in total. The fraction of sp³-hybridized carbons (Fsp3) is 0.739. The third-order valence-electron chi connectivity index (χ3n) is 6.09. The lowest BCUT2D eigenvalue weighted by molar-refractivity contribution is 0.0781. The highest BCUT2D eigenvalue weighted by Crippen LogP contribution is 2.39. The second-order valence-electron chi connectivity index (χ2n) is 9.01. The Morgan fingerprint density at radius 2 is 2.12 bits per heavy atom. The molecule has 0 bridgehead atoms. The molecule has 1 unspecified atom stereocenters. The van der Waals surface area contributed by atoms with E-state index in [4.69, 9.17) is 14.2 Å². The molecule has 1 aromatic rings. The SMILES string of the molecule is COC1CN(c2ccc(C(=O)N[C@@H](C)CC(C)COCCF)nc2OC[C@H]2C[C@@H]2CO)C1. The summed E-state index contributed by atoms with van der Waals surface area (Å²) in [6.45, 7) is 6.17. The van der Waals surface area contributed by atoms with Crippen molar-refractivity contribution in [1.82, 2.24) is 10.3 Å². The van der Waals surface area contributed by atoms with Gasteiger partial charge in [-0.15, -0.1) is 0 Å². The molecule has 180 valence electrons. The highest BCUT2D eigenvalue weighted by molar-refractivity contribution is 5.93. The van der Waals surface area contributed by atoms with Crippen LogP contribution < -0.4 is 15.0 Å². The van der Waals surface area contributed by atoms with Crippen molar-refractivity contribution in [1.29, 1.82) is 0 Å². The Bertz CT molecular complexity index is 746. The highest BCUT2D eigenvalue weighted by atomic mass is 19.1. The van der Waals surface area contributed by atoms with Crippen molar-refractivity contribution in [3.63, 3.8) is 0 Å². The number of pyridine rings is 1. The number of carbonyl (C=O) groups is 1. The number of amides is 1. The molecule has 32 heavy (non-hydrogen) atoms. The number of alkyl halides is 1. The highest BCUT2D eigenvalue weighted by Gasteiger charge is 2.37. The van der Waals surface area contributed by atoms with Crippen molar-refractivity contribution in [3.05, 3.63) is 17.8 Å². The number of aliphatic hydroxyl groups is 1. The van der Waals surface area contributed by atoms with Gasteiger partial charge < -0.3 is 29.5 Å². The fourth-order valence-electron chi connectivity index (χ4n) is 3.98. The summed E-state index contributed by atoms with van der Waals surface area (Å²) in [5.74, 6) is 1.00. The molecule has 4 atom stereocenters. The molecule has 8 nitrogen and oxygen atoms in total. The molecule has 0 aromatic carbocycles. The van der Waals surface area contributed by atoms with Crippen LogP contribution in [0.15, 0.2) is 12.1 Å². The number of nitrogens with one attached hydrogen (secondary N) is 1. The Balaban J connectivity index is 1.60. The summed E-state index contributed by atoms with van der Waals surface area (Å²) in [5, 5.41) is 12.3. The van der Waals surface area contributed by atoms with Crippen LogP contribution in [0.5, 0.6) is 5.88 Å². The minimum atomic E-state index is -0.490. The van der Waals surface area contributed by atoms with E-state index in [1.165, 1.54) is 0 Å². The quantitative estimate of drug-likeness (QED) is 0.417. The van der Waals surface area contributed by atoms with Gasteiger partial charge in [0.15, 0.2) is 0 Å². The Kier molecular flexibility index (Phi) is 9.07. The van der Waals surface area contributed by atoms with Crippen LogP contribution in [0.3, 0.4) is 0 Å². The molecule has 3 rings (SSSR count). The van der Waals surface area contributed by atoms with Gasteiger partial charge in [0, 0.05) is 39.5 Å². The molecular weight excluding hydrogens is 417 g/mol. The number of methoxy groups -OCH3 is 1. The number of aliphatic hydroxyl groups excluding tert-OH is 1. The average Bonchev–Trinajstić information content (AvgIpc) is 3.50. The molecule has 2 aliphatic rings. The summed E-state index contributed by atoms with van der Waals surface area (Å²) < 4.78 is 28.8. The third-order valence-corrected chi connectivity index (χ3v) is 6.09. The number of ether oxygens (including phenoxy) is 3. The minimum Gasteiger partial charge on any atom is -0.476 e. The Morgan fingerprint density at radius 1 is 1.34 bits per heavy atom. The molecule has 1 aliphatic carbocycles. The zero-order valence-electron chi connectivity index (χ0n) is 19.3. The van der Waals surface area contributed by atoms with E-state index in [-0.39, 0.29) is 37.2 Å². The second-order valence-corrected chi connectivity index (χ2v) is 9.01. The van der Waals surface area contributed by atoms with Gasteiger partial charge in [-0.2, -0.15) is 0 Å². The normalized spacial score (nSPS) is 22.2. The fourth-order valence-corrected chi connectivity index (χ4v) is 3.98. The third kappa shape index (κ3) is 6.76. The summed E-state index contributed by atoms with van der Waals surface area (Å²) in [5.41, 5.74) is 1.15.